The number of carbonyl (C=O) groups is 2. The molecule has 2 heterocycles. The molecule has 0 atom stereocenters. The largest absolute Gasteiger partial charge is 0.411 e. The molecule has 0 saturated carbocycles. The van der Waals surface area contributed by atoms with Crippen LogP contribution in [0.5, 0.6) is 0 Å². The SMILES string of the molecule is O=C(Nc1nnco1)c1ccc2c(c1)NC(=O)c1cc(F)ccc1S2. The molecule has 1 aliphatic heterocycles. The second-order valence-corrected chi connectivity index (χ2v) is 6.19. The van der Waals surface area contributed by atoms with Gasteiger partial charge in [-0.05, 0) is 36.4 Å². The molecule has 0 saturated heterocycles. The quantitative estimate of drug-likeness (QED) is 0.732. The van der Waals surface area contributed by atoms with E-state index in [1.165, 1.54) is 30.0 Å². The maximum absolute atomic E-state index is 13.4. The summed E-state index contributed by atoms with van der Waals surface area (Å²) in [6, 6.07) is 8.87. The Morgan fingerprint density at radius 3 is 2.84 bits per heavy atom. The third-order valence-electron chi connectivity index (χ3n) is 3.48. The van der Waals surface area contributed by atoms with Crippen molar-refractivity contribution in [2.45, 2.75) is 9.79 Å². The Balaban J connectivity index is 1.66. The summed E-state index contributed by atoms with van der Waals surface area (Å²) >= 11 is 1.32. The van der Waals surface area contributed by atoms with Gasteiger partial charge in [-0.1, -0.05) is 16.9 Å². The third kappa shape index (κ3) is 2.96. The van der Waals surface area contributed by atoms with Crippen LogP contribution in [0.25, 0.3) is 0 Å². The highest BCUT2D eigenvalue weighted by atomic mass is 32.2. The van der Waals surface area contributed by atoms with E-state index in [9.17, 15) is 14.0 Å². The first-order chi connectivity index (χ1) is 12.1. The summed E-state index contributed by atoms with van der Waals surface area (Å²) in [5.74, 6) is -1.38. The molecule has 0 aliphatic carbocycles. The van der Waals surface area contributed by atoms with Crippen molar-refractivity contribution in [3.8, 4) is 0 Å². The van der Waals surface area contributed by atoms with Crippen molar-refractivity contribution in [3.05, 3.63) is 59.7 Å². The van der Waals surface area contributed by atoms with Gasteiger partial charge in [0.1, 0.15) is 5.82 Å². The van der Waals surface area contributed by atoms with E-state index in [1.54, 1.807) is 18.2 Å². The van der Waals surface area contributed by atoms with Crippen LogP contribution in [0.2, 0.25) is 0 Å². The Bertz CT molecular complexity index is 991. The fourth-order valence-corrected chi connectivity index (χ4v) is 3.32. The van der Waals surface area contributed by atoms with Gasteiger partial charge in [-0.3, -0.25) is 14.9 Å². The fraction of sp³-hybridized carbons (Fsp3) is 0. The lowest BCUT2D eigenvalue weighted by atomic mass is 10.1. The molecule has 2 amide bonds. The molecule has 1 aromatic heterocycles. The van der Waals surface area contributed by atoms with Crippen molar-refractivity contribution >= 4 is 35.3 Å². The summed E-state index contributed by atoms with van der Waals surface area (Å²) in [4.78, 5) is 25.9. The summed E-state index contributed by atoms with van der Waals surface area (Å²) in [6.07, 6.45) is 1.10. The highest BCUT2D eigenvalue weighted by molar-refractivity contribution is 7.99. The van der Waals surface area contributed by atoms with Gasteiger partial charge >= 0.3 is 6.01 Å². The van der Waals surface area contributed by atoms with Crippen LogP contribution >= 0.6 is 11.8 Å². The Morgan fingerprint density at radius 1 is 1.20 bits per heavy atom. The molecule has 2 N–H and O–H groups in total. The van der Waals surface area contributed by atoms with Crippen molar-refractivity contribution in [1.29, 1.82) is 0 Å². The van der Waals surface area contributed by atoms with Gasteiger partial charge in [0.2, 0.25) is 6.39 Å². The molecule has 25 heavy (non-hydrogen) atoms. The number of nitrogens with zero attached hydrogens (tertiary/aromatic N) is 2. The fourth-order valence-electron chi connectivity index (χ4n) is 2.33. The molecule has 0 radical (unpaired) electrons. The van der Waals surface area contributed by atoms with Gasteiger partial charge in [0.25, 0.3) is 11.8 Å². The average molecular weight is 356 g/mol. The van der Waals surface area contributed by atoms with Crippen LogP contribution in [0.15, 0.2) is 57.0 Å². The predicted molar refractivity (Wildman–Crippen MR) is 87.2 cm³/mol. The summed E-state index contributed by atoms with van der Waals surface area (Å²) in [5.41, 5.74) is 1.01. The Morgan fingerprint density at radius 2 is 2.04 bits per heavy atom. The molecule has 9 heteroatoms. The third-order valence-corrected chi connectivity index (χ3v) is 4.63. The second kappa shape index (κ2) is 6.02. The molecule has 0 bridgehead atoms. The summed E-state index contributed by atoms with van der Waals surface area (Å²) in [5, 5.41) is 12.2. The van der Waals surface area contributed by atoms with Crippen LogP contribution in [0, 0.1) is 5.82 Å². The highest BCUT2D eigenvalue weighted by Crippen LogP contribution is 2.39. The number of hydrogen-bond donors (Lipinski definition) is 2. The lowest BCUT2D eigenvalue weighted by molar-refractivity contribution is 0.101. The van der Waals surface area contributed by atoms with E-state index >= 15 is 0 Å². The van der Waals surface area contributed by atoms with Gasteiger partial charge in [0.05, 0.1) is 11.3 Å². The van der Waals surface area contributed by atoms with Crippen molar-refractivity contribution in [1.82, 2.24) is 10.2 Å². The smallest absolute Gasteiger partial charge is 0.322 e. The first kappa shape index (κ1) is 15.3. The average Bonchev–Trinajstić information content (AvgIpc) is 3.05. The van der Waals surface area contributed by atoms with E-state index in [0.29, 0.717) is 16.1 Å². The lowest BCUT2D eigenvalue weighted by Gasteiger charge is -2.08. The number of halogens is 1. The zero-order chi connectivity index (χ0) is 17.4. The van der Waals surface area contributed by atoms with Crippen molar-refractivity contribution < 1.29 is 18.4 Å². The number of anilines is 2. The Kier molecular flexibility index (Phi) is 3.69. The maximum atomic E-state index is 13.4. The van der Waals surface area contributed by atoms with E-state index in [-0.39, 0.29) is 11.6 Å². The minimum absolute atomic E-state index is 0.0266. The van der Waals surface area contributed by atoms with Crippen molar-refractivity contribution in [2.24, 2.45) is 0 Å². The van der Waals surface area contributed by atoms with Gasteiger partial charge in [0, 0.05) is 15.4 Å². The van der Waals surface area contributed by atoms with E-state index in [2.05, 4.69) is 20.8 Å². The highest BCUT2D eigenvalue weighted by Gasteiger charge is 2.22. The van der Waals surface area contributed by atoms with E-state index < -0.39 is 17.6 Å². The van der Waals surface area contributed by atoms with Crippen LogP contribution < -0.4 is 10.6 Å². The van der Waals surface area contributed by atoms with Crippen LogP contribution in [0.1, 0.15) is 20.7 Å². The predicted octanol–water partition coefficient (Wildman–Crippen LogP) is 3.18. The Hall–Kier alpha value is -3.20. The summed E-state index contributed by atoms with van der Waals surface area (Å²) < 4.78 is 18.3. The van der Waals surface area contributed by atoms with E-state index in [1.807, 2.05) is 0 Å². The normalized spacial score (nSPS) is 12.6. The number of amides is 2. The van der Waals surface area contributed by atoms with Crippen LogP contribution in [-0.4, -0.2) is 22.0 Å². The zero-order valence-corrected chi connectivity index (χ0v) is 13.3. The van der Waals surface area contributed by atoms with Gasteiger partial charge in [-0.2, -0.15) is 0 Å². The lowest BCUT2D eigenvalue weighted by Crippen LogP contribution is -2.14. The standard InChI is InChI=1S/C16H9FN4O3S/c17-9-2-4-12-10(6-9)15(23)19-11-5-8(1-3-13(11)25-12)14(22)20-16-21-18-7-24-16/h1-7H,(H,19,23)(H,20,21,22). The maximum Gasteiger partial charge on any atom is 0.322 e. The number of nitrogens with one attached hydrogen (secondary N) is 2. The first-order valence-electron chi connectivity index (χ1n) is 7.10. The molecule has 3 aromatic rings. The van der Waals surface area contributed by atoms with Crippen LogP contribution in [0.4, 0.5) is 16.1 Å². The molecule has 4 rings (SSSR count). The molecule has 2 aromatic carbocycles. The number of benzene rings is 2. The molecule has 0 spiro atoms. The topological polar surface area (TPSA) is 97.1 Å². The van der Waals surface area contributed by atoms with Crippen molar-refractivity contribution in [3.63, 3.8) is 0 Å². The van der Waals surface area contributed by atoms with Gasteiger partial charge in [-0.15, -0.1) is 5.10 Å². The van der Waals surface area contributed by atoms with Crippen molar-refractivity contribution in [2.75, 3.05) is 10.6 Å². The number of carbonyl (C=O) groups excluding carboxylic acids is 2. The molecule has 1 aliphatic rings. The molecule has 0 unspecified atom stereocenters. The minimum atomic E-state index is -0.486. The van der Waals surface area contributed by atoms with Crippen LogP contribution in [0.3, 0.4) is 0 Å². The van der Waals surface area contributed by atoms with Gasteiger partial charge in [-0.25, -0.2) is 4.39 Å². The van der Waals surface area contributed by atoms with E-state index in [4.69, 9.17) is 4.42 Å². The monoisotopic (exact) mass is 356 g/mol. The molecular formula is C16H9FN4O3S. The Labute approximate surface area is 144 Å². The van der Waals surface area contributed by atoms with Gasteiger partial charge in [0.15, 0.2) is 0 Å². The number of rotatable bonds is 2. The molecule has 124 valence electrons. The summed E-state index contributed by atoms with van der Waals surface area (Å²) in [6.45, 7) is 0. The zero-order valence-electron chi connectivity index (χ0n) is 12.4. The minimum Gasteiger partial charge on any atom is -0.411 e. The number of hydrogen-bond acceptors (Lipinski definition) is 6. The van der Waals surface area contributed by atoms with E-state index in [0.717, 1.165) is 11.3 Å². The first-order valence-corrected chi connectivity index (χ1v) is 7.92. The summed E-state index contributed by atoms with van der Waals surface area (Å²) in [7, 11) is 0. The molecule has 0 fully saturated rings. The second-order valence-electron chi connectivity index (χ2n) is 5.11. The number of aromatic nitrogens is 2. The molecular weight excluding hydrogens is 347 g/mol. The van der Waals surface area contributed by atoms with Crippen LogP contribution in [-0.2, 0) is 0 Å². The molecule has 7 nitrogen and oxygen atoms in total. The van der Waals surface area contributed by atoms with Gasteiger partial charge < -0.3 is 9.73 Å². The number of fused-ring (bicyclic) bond motifs is 2.